The van der Waals surface area contributed by atoms with Gasteiger partial charge in [0.25, 0.3) is 5.91 Å². The number of furan rings is 1. The van der Waals surface area contributed by atoms with Crippen molar-refractivity contribution in [3.63, 3.8) is 0 Å². The van der Waals surface area contributed by atoms with Crippen LogP contribution in [0, 0.1) is 0 Å². The molecule has 0 saturated heterocycles. The summed E-state index contributed by atoms with van der Waals surface area (Å²) < 4.78 is 17.9. The smallest absolute Gasteiger partial charge is 0.373 e. The number of carbonyl (C=O) groups excluding carboxylic acids is 2. The van der Waals surface area contributed by atoms with E-state index in [4.69, 9.17) is 13.9 Å². The summed E-state index contributed by atoms with van der Waals surface area (Å²) in [5.41, 5.74) is 4.96. The molecule has 0 saturated carbocycles. The van der Waals surface area contributed by atoms with Gasteiger partial charge in [0.1, 0.15) is 17.0 Å². The van der Waals surface area contributed by atoms with Crippen LogP contribution in [-0.2, 0) is 16.1 Å². The van der Waals surface area contributed by atoms with E-state index in [0.717, 1.165) is 21.9 Å². The Balaban J connectivity index is 1.26. The number of aromatic nitrogens is 2. The van der Waals surface area contributed by atoms with Crippen molar-refractivity contribution in [3.05, 3.63) is 96.2 Å². The van der Waals surface area contributed by atoms with E-state index in [2.05, 4.69) is 15.5 Å². The number of amides is 1. The fourth-order valence-electron chi connectivity index (χ4n) is 3.89. The molecule has 5 aromatic rings. The lowest BCUT2D eigenvalue weighted by Crippen LogP contribution is -2.24. The number of hydrogen-bond acceptors (Lipinski definition) is 7. The first-order valence-corrected chi connectivity index (χ1v) is 11.2. The maximum absolute atomic E-state index is 12.3. The van der Waals surface area contributed by atoms with Gasteiger partial charge in [0, 0.05) is 34.2 Å². The van der Waals surface area contributed by atoms with Crippen molar-refractivity contribution >= 4 is 39.9 Å². The van der Waals surface area contributed by atoms with Crippen LogP contribution in [-0.4, -0.2) is 41.4 Å². The number of nitrogens with one attached hydrogen (secondary N) is 1. The first-order valence-electron chi connectivity index (χ1n) is 11.2. The topological polar surface area (TPSA) is 108 Å². The summed E-state index contributed by atoms with van der Waals surface area (Å²) in [6.07, 6.45) is 5.16. The van der Waals surface area contributed by atoms with E-state index in [1.807, 2.05) is 59.3 Å². The van der Waals surface area contributed by atoms with Gasteiger partial charge in [-0.05, 0) is 30.3 Å². The van der Waals surface area contributed by atoms with Crippen molar-refractivity contribution in [2.45, 2.75) is 6.54 Å². The van der Waals surface area contributed by atoms with Crippen LogP contribution < -0.4 is 10.2 Å². The number of nitrogens with zero attached hydrogens (tertiary/aromatic N) is 3. The number of pyridine rings is 1. The number of rotatable bonds is 8. The van der Waals surface area contributed by atoms with E-state index in [9.17, 15) is 9.59 Å². The number of hydrogen-bond donors (Lipinski definition) is 1. The summed E-state index contributed by atoms with van der Waals surface area (Å²) in [5.74, 6) is 0.364. The third-order valence-electron chi connectivity index (χ3n) is 5.54. The molecular formula is C27H22N4O5. The van der Waals surface area contributed by atoms with Crippen molar-refractivity contribution < 1.29 is 23.5 Å². The fraction of sp³-hybridized carbons (Fsp3) is 0.111. The second kappa shape index (κ2) is 10.1. The highest BCUT2D eigenvalue weighted by molar-refractivity contribution is 5.99. The van der Waals surface area contributed by atoms with Gasteiger partial charge >= 0.3 is 5.97 Å². The average molecular weight is 482 g/mol. The maximum atomic E-state index is 12.3. The third kappa shape index (κ3) is 4.80. The Morgan fingerprint density at radius 2 is 1.94 bits per heavy atom. The van der Waals surface area contributed by atoms with Gasteiger partial charge in [-0.1, -0.05) is 36.4 Å². The molecule has 0 atom stereocenters. The Bertz CT molecular complexity index is 1580. The zero-order chi connectivity index (χ0) is 24.9. The van der Waals surface area contributed by atoms with Crippen LogP contribution in [0.2, 0.25) is 0 Å². The molecule has 0 aliphatic carbocycles. The molecule has 0 bridgehead atoms. The zero-order valence-corrected chi connectivity index (χ0v) is 19.4. The Labute approximate surface area is 205 Å². The van der Waals surface area contributed by atoms with E-state index in [1.165, 1.54) is 7.11 Å². The zero-order valence-electron chi connectivity index (χ0n) is 19.4. The number of carbonyl (C=O) groups is 2. The monoisotopic (exact) mass is 482 g/mol. The summed E-state index contributed by atoms with van der Waals surface area (Å²) in [4.78, 5) is 28.3. The van der Waals surface area contributed by atoms with E-state index < -0.39 is 11.9 Å². The lowest BCUT2D eigenvalue weighted by Gasteiger charge is -2.07. The van der Waals surface area contributed by atoms with Crippen molar-refractivity contribution in [2.24, 2.45) is 5.10 Å². The Kier molecular flexibility index (Phi) is 6.44. The van der Waals surface area contributed by atoms with E-state index in [1.54, 1.807) is 30.6 Å². The second-order valence-corrected chi connectivity index (χ2v) is 7.90. The van der Waals surface area contributed by atoms with Crippen molar-refractivity contribution in [3.8, 4) is 5.75 Å². The summed E-state index contributed by atoms with van der Waals surface area (Å²) in [5, 5.41) is 5.99. The predicted octanol–water partition coefficient (Wildman–Crippen LogP) is 4.15. The van der Waals surface area contributed by atoms with Crippen LogP contribution in [0.15, 0.2) is 88.6 Å². The molecule has 36 heavy (non-hydrogen) atoms. The average Bonchev–Trinajstić information content (AvgIpc) is 3.52. The molecule has 1 amide bonds. The minimum absolute atomic E-state index is 0.148. The molecule has 0 unspecified atom stereocenters. The van der Waals surface area contributed by atoms with Gasteiger partial charge in [-0.3, -0.25) is 9.78 Å². The number of methoxy groups -OCH3 is 1. The Morgan fingerprint density at radius 3 is 2.83 bits per heavy atom. The Hall–Kier alpha value is -4.92. The molecule has 0 spiro atoms. The first kappa shape index (κ1) is 22.9. The lowest BCUT2D eigenvalue weighted by molar-refractivity contribution is -0.123. The predicted molar refractivity (Wildman–Crippen MR) is 134 cm³/mol. The number of hydrazone groups is 1. The summed E-state index contributed by atoms with van der Waals surface area (Å²) >= 11 is 0. The molecule has 180 valence electrons. The van der Waals surface area contributed by atoms with Gasteiger partial charge < -0.3 is 18.5 Å². The molecule has 9 nitrogen and oxygen atoms in total. The number of esters is 1. The van der Waals surface area contributed by atoms with Crippen LogP contribution >= 0.6 is 0 Å². The maximum Gasteiger partial charge on any atom is 0.373 e. The number of fused-ring (bicyclic) bond motifs is 2. The molecule has 3 heterocycles. The number of para-hydroxylation sites is 2. The molecule has 0 fully saturated rings. The van der Waals surface area contributed by atoms with E-state index in [0.29, 0.717) is 23.6 Å². The minimum atomic E-state index is -0.525. The molecule has 5 rings (SSSR count). The van der Waals surface area contributed by atoms with E-state index in [-0.39, 0.29) is 12.4 Å². The molecular weight excluding hydrogens is 460 g/mol. The number of ether oxygens (including phenoxy) is 2. The summed E-state index contributed by atoms with van der Waals surface area (Å²) in [6.45, 7) is 0.209. The largest absolute Gasteiger partial charge is 0.481 e. The second-order valence-electron chi connectivity index (χ2n) is 7.90. The van der Waals surface area contributed by atoms with Crippen LogP contribution in [0.25, 0.3) is 21.8 Å². The van der Waals surface area contributed by atoms with Crippen LogP contribution in [0.1, 0.15) is 21.9 Å². The highest BCUT2D eigenvalue weighted by Crippen LogP contribution is 2.23. The number of benzene rings is 2. The van der Waals surface area contributed by atoms with Crippen molar-refractivity contribution in [1.82, 2.24) is 15.0 Å². The van der Waals surface area contributed by atoms with Crippen LogP contribution in [0.4, 0.5) is 0 Å². The highest BCUT2D eigenvalue weighted by Gasteiger charge is 2.13. The SMILES string of the molecule is COC(=O)c1ccc(Cn2cc(/C=N\NC(=O)COc3cccc4cccnc34)c3ccccc32)o1. The van der Waals surface area contributed by atoms with Gasteiger partial charge in [0.15, 0.2) is 6.61 Å². The molecule has 3 aromatic heterocycles. The van der Waals surface area contributed by atoms with Gasteiger partial charge in [-0.15, -0.1) is 0 Å². The highest BCUT2D eigenvalue weighted by atomic mass is 16.5. The molecule has 9 heteroatoms. The lowest BCUT2D eigenvalue weighted by atomic mass is 10.2. The van der Waals surface area contributed by atoms with Crippen LogP contribution in [0.5, 0.6) is 5.75 Å². The molecule has 0 aliphatic heterocycles. The van der Waals surface area contributed by atoms with Crippen LogP contribution in [0.3, 0.4) is 0 Å². The Morgan fingerprint density at radius 1 is 1.08 bits per heavy atom. The van der Waals surface area contributed by atoms with Gasteiger partial charge in [-0.2, -0.15) is 5.10 Å². The van der Waals surface area contributed by atoms with Crippen molar-refractivity contribution in [1.29, 1.82) is 0 Å². The summed E-state index contributed by atoms with van der Waals surface area (Å²) in [6, 6.07) is 20.5. The molecule has 0 radical (unpaired) electrons. The van der Waals surface area contributed by atoms with E-state index >= 15 is 0 Å². The minimum Gasteiger partial charge on any atom is -0.481 e. The summed E-state index contributed by atoms with van der Waals surface area (Å²) in [7, 11) is 1.31. The van der Waals surface area contributed by atoms with Gasteiger partial charge in [-0.25, -0.2) is 10.2 Å². The van der Waals surface area contributed by atoms with Crippen molar-refractivity contribution in [2.75, 3.05) is 13.7 Å². The third-order valence-corrected chi connectivity index (χ3v) is 5.54. The molecule has 1 N–H and O–H groups in total. The fourth-order valence-corrected chi connectivity index (χ4v) is 3.89. The first-order chi connectivity index (χ1) is 17.6. The van der Waals surface area contributed by atoms with Gasteiger partial charge in [0.05, 0.1) is 19.9 Å². The normalized spacial score (nSPS) is 11.2. The molecule has 0 aliphatic rings. The van der Waals surface area contributed by atoms with Gasteiger partial charge in [0.2, 0.25) is 5.76 Å². The quantitative estimate of drug-likeness (QED) is 0.202. The molecule has 2 aromatic carbocycles. The standard InChI is InChI=1S/C27H22N4O5/c1-34-27(33)24-12-11-20(36-24)16-31-15-19(21-8-2-3-9-22(21)31)14-29-30-25(32)17-35-23-10-4-6-18-7-5-13-28-26(18)23/h2-15H,16-17H2,1H3,(H,30,32)/b29-14-.